The molecule has 1 aliphatic rings. The molecule has 1 aliphatic carbocycles. The molecule has 2 N–H and O–H groups in total. The fourth-order valence-electron chi connectivity index (χ4n) is 2.38. The van der Waals surface area contributed by atoms with E-state index in [0.717, 1.165) is 15.6 Å². The minimum absolute atomic E-state index is 0.0218. The van der Waals surface area contributed by atoms with Crippen molar-refractivity contribution in [2.24, 2.45) is 11.8 Å². The summed E-state index contributed by atoms with van der Waals surface area (Å²) in [5, 5.41) is 11.8. The summed E-state index contributed by atoms with van der Waals surface area (Å²) in [5.41, 5.74) is 0. The molecule has 19 heavy (non-hydrogen) atoms. The molecule has 0 aromatic carbocycles. The Balaban J connectivity index is 1.72. The molecule has 4 nitrogen and oxygen atoms in total. The molecule has 104 valence electrons. The third-order valence-corrected chi connectivity index (χ3v) is 4.74. The molecule has 0 saturated heterocycles. The number of carbonyl (C=O) groups is 2. The number of carboxylic acids is 1. The van der Waals surface area contributed by atoms with Crippen molar-refractivity contribution in [2.75, 3.05) is 6.54 Å². The highest BCUT2D eigenvalue weighted by molar-refractivity contribution is 7.16. The molecule has 0 radical (unpaired) electrons. The molecule has 0 aliphatic heterocycles. The second-order valence-corrected chi connectivity index (χ2v) is 6.59. The lowest BCUT2D eigenvalue weighted by atomic mass is 10.0. The molecule has 0 bridgehead atoms. The van der Waals surface area contributed by atoms with Gasteiger partial charge in [0, 0.05) is 17.3 Å². The van der Waals surface area contributed by atoms with Gasteiger partial charge < -0.3 is 10.4 Å². The Morgan fingerprint density at radius 3 is 2.68 bits per heavy atom. The zero-order valence-corrected chi connectivity index (χ0v) is 12.0. The molecule has 2 rings (SSSR count). The first-order chi connectivity index (χ1) is 9.06. The topological polar surface area (TPSA) is 66.4 Å². The summed E-state index contributed by atoms with van der Waals surface area (Å²) in [7, 11) is 0. The van der Waals surface area contributed by atoms with Gasteiger partial charge in [-0.15, -0.1) is 11.3 Å². The summed E-state index contributed by atoms with van der Waals surface area (Å²) < 4.78 is 0.751. The van der Waals surface area contributed by atoms with Crippen LogP contribution in [0, 0.1) is 11.8 Å². The van der Waals surface area contributed by atoms with Gasteiger partial charge in [0.25, 0.3) is 0 Å². The first-order valence-electron chi connectivity index (χ1n) is 6.31. The molecule has 1 heterocycles. The summed E-state index contributed by atoms with van der Waals surface area (Å²) in [6, 6.07) is 3.80. The monoisotopic (exact) mass is 301 g/mol. The van der Waals surface area contributed by atoms with Crippen molar-refractivity contribution in [3.05, 3.63) is 21.3 Å². The molecule has 2 atom stereocenters. The minimum atomic E-state index is -0.788. The Morgan fingerprint density at radius 2 is 2.11 bits per heavy atom. The molecular weight excluding hydrogens is 286 g/mol. The fraction of sp³-hybridized carbons (Fsp3) is 0.538. The van der Waals surface area contributed by atoms with Crippen LogP contribution in [0.2, 0.25) is 4.34 Å². The number of halogens is 1. The largest absolute Gasteiger partial charge is 0.481 e. The van der Waals surface area contributed by atoms with E-state index in [4.69, 9.17) is 16.7 Å². The number of hydrogen-bond acceptors (Lipinski definition) is 3. The molecule has 0 spiro atoms. The van der Waals surface area contributed by atoms with Crippen LogP contribution >= 0.6 is 22.9 Å². The maximum atomic E-state index is 11.9. The van der Waals surface area contributed by atoms with Gasteiger partial charge in [0.2, 0.25) is 5.91 Å². The summed E-state index contributed by atoms with van der Waals surface area (Å²) in [5.74, 6) is -1.31. The lowest BCUT2D eigenvalue weighted by Crippen LogP contribution is -2.31. The smallest absolute Gasteiger partial charge is 0.306 e. The van der Waals surface area contributed by atoms with Crippen molar-refractivity contribution < 1.29 is 14.7 Å². The molecule has 0 unspecified atom stereocenters. The van der Waals surface area contributed by atoms with E-state index in [1.807, 2.05) is 12.1 Å². The molecule has 6 heteroatoms. The summed E-state index contributed by atoms with van der Waals surface area (Å²) >= 11 is 7.34. The first kappa shape index (κ1) is 14.3. The van der Waals surface area contributed by atoms with E-state index in [1.165, 1.54) is 11.3 Å². The van der Waals surface area contributed by atoms with Gasteiger partial charge in [-0.05, 0) is 37.8 Å². The van der Waals surface area contributed by atoms with E-state index in [1.54, 1.807) is 0 Å². The lowest BCUT2D eigenvalue weighted by Gasteiger charge is -2.10. The highest BCUT2D eigenvalue weighted by atomic mass is 35.5. The molecular formula is C13H16ClNO3S. The van der Waals surface area contributed by atoms with Gasteiger partial charge in [-0.2, -0.15) is 0 Å². The fourth-order valence-corrected chi connectivity index (χ4v) is 3.47. The van der Waals surface area contributed by atoms with Gasteiger partial charge >= 0.3 is 5.97 Å². The Hall–Kier alpha value is -1.07. The normalized spacial score (nSPS) is 22.4. The van der Waals surface area contributed by atoms with E-state index in [-0.39, 0.29) is 17.7 Å². The van der Waals surface area contributed by atoms with Crippen LogP contribution in [-0.4, -0.2) is 23.5 Å². The maximum absolute atomic E-state index is 11.9. The van der Waals surface area contributed by atoms with E-state index >= 15 is 0 Å². The Morgan fingerprint density at radius 1 is 1.37 bits per heavy atom. The molecule has 1 fully saturated rings. The molecule has 1 aromatic rings. The molecule has 1 amide bonds. The third kappa shape index (κ3) is 3.94. The zero-order valence-electron chi connectivity index (χ0n) is 10.4. The van der Waals surface area contributed by atoms with Crippen LogP contribution in [0.1, 0.15) is 24.1 Å². The van der Waals surface area contributed by atoms with Crippen LogP contribution in [0.5, 0.6) is 0 Å². The van der Waals surface area contributed by atoms with Crippen molar-refractivity contribution in [2.45, 2.75) is 25.7 Å². The quantitative estimate of drug-likeness (QED) is 0.878. The number of aliphatic carboxylic acids is 1. The predicted molar refractivity (Wildman–Crippen MR) is 74.5 cm³/mol. The van der Waals surface area contributed by atoms with Crippen molar-refractivity contribution in [3.63, 3.8) is 0 Å². The van der Waals surface area contributed by atoms with Crippen molar-refractivity contribution in [1.82, 2.24) is 5.32 Å². The Labute approximate surface area is 120 Å². The number of rotatable bonds is 5. The average molecular weight is 302 g/mol. The average Bonchev–Trinajstić information content (AvgIpc) is 2.98. The van der Waals surface area contributed by atoms with E-state index in [2.05, 4.69) is 5.32 Å². The second-order valence-electron chi connectivity index (χ2n) is 4.79. The van der Waals surface area contributed by atoms with Crippen molar-refractivity contribution in [3.8, 4) is 0 Å². The maximum Gasteiger partial charge on any atom is 0.306 e. The number of carbonyl (C=O) groups excluding carboxylic acids is 1. The van der Waals surface area contributed by atoms with Crippen LogP contribution < -0.4 is 5.32 Å². The highest BCUT2D eigenvalue weighted by Crippen LogP contribution is 2.31. The van der Waals surface area contributed by atoms with Crippen LogP contribution in [0.4, 0.5) is 0 Å². The van der Waals surface area contributed by atoms with Crippen LogP contribution in [-0.2, 0) is 16.0 Å². The van der Waals surface area contributed by atoms with E-state index < -0.39 is 5.97 Å². The minimum Gasteiger partial charge on any atom is -0.481 e. The summed E-state index contributed by atoms with van der Waals surface area (Å²) in [6.07, 6.45) is 2.51. The van der Waals surface area contributed by atoms with Crippen LogP contribution in [0.25, 0.3) is 0 Å². The summed E-state index contributed by atoms with van der Waals surface area (Å²) in [4.78, 5) is 23.8. The standard InChI is InChI=1S/C13H16ClNO3S/c14-11-4-3-10(19-11)5-6-15-12(16)8-1-2-9(7-8)13(17)18/h3-4,8-9H,1-2,5-7H2,(H,15,16)(H,17,18)/t8-,9+/m0/s1. The van der Waals surface area contributed by atoms with Gasteiger partial charge in [-0.1, -0.05) is 11.6 Å². The molecule has 1 aromatic heterocycles. The van der Waals surface area contributed by atoms with E-state index in [9.17, 15) is 9.59 Å². The predicted octanol–water partition coefficient (Wildman–Crippen LogP) is 2.56. The van der Waals surface area contributed by atoms with Gasteiger partial charge in [0.05, 0.1) is 10.3 Å². The summed E-state index contributed by atoms with van der Waals surface area (Å²) in [6.45, 7) is 0.573. The number of hydrogen-bond donors (Lipinski definition) is 2. The first-order valence-corrected chi connectivity index (χ1v) is 7.50. The van der Waals surface area contributed by atoms with Gasteiger partial charge in [0.1, 0.15) is 0 Å². The van der Waals surface area contributed by atoms with Gasteiger partial charge in [0.15, 0.2) is 0 Å². The number of amides is 1. The SMILES string of the molecule is O=C(O)[C@@H]1CC[C@H](C(=O)NCCc2ccc(Cl)s2)C1. The number of carboxylic acid groups (broad SMARTS) is 1. The lowest BCUT2D eigenvalue weighted by molar-refractivity contribution is -0.141. The van der Waals surface area contributed by atoms with Gasteiger partial charge in [-0.25, -0.2) is 0 Å². The number of nitrogens with one attached hydrogen (secondary N) is 1. The van der Waals surface area contributed by atoms with Crippen LogP contribution in [0.3, 0.4) is 0 Å². The van der Waals surface area contributed by atoms with Gasteiger partial charge in [-0.3, -0.25) is 9.59 Å². The Bertz CT molecular complexity index is 474. The Kier molecular flexibility index (Phi) is 4.82. The molecule has 1 saturated carbocycles. The second kappa shape index (κ2) is 6.39. The van der Waals surface area contributed by atoms with Crippen molar-refractivity contribution >= 4 is 34.8 Å². The van der Waals surface area contributed by atoms with E-state index in [0.29, 0.717) is 25.8 Å². The van der Waals surface area contributed by atoms with Crippen LogP contribution in [0.15, 0.2) is 12.1 Å². The van der Waals surface area contributed by atoms with Crippen molar-refractivity contribution in [1.29, 1.82) is 0 Å². The highest BCUT2D eigenvalue weighted by Gasteiger charge is 2.33. The third-order valence-electron chi connectivity index (χ3n) is 3.45. The zero-order chi connectivity index (χ0) is 13.8. The number of thiophene rings is 1.